The van der Waals surface area contributed by atoms with E-state index in [-0.39, 0.29) is 0 Å². The molecule has 0 heterocycles. The Hall–Kier alpha value is -0.790. The minimum Gasteiger partial charge on any atom is -0.327 e. The molecule has 0 aliphatic rings. The lowest BCUT2D eigenvalue weighted by atomic mass is 9.97. The van der Waals surface area contributed by atoms with Crippen molar-refractivity contribution in [1.29, 1.82) is 0 Å². The SMILES string of the molecule is CC(C)c1ccc(Cl)cc1/C=C/CN. The van der Waals surface area contributed by atoms with Gasteiger partial charge in [-0.15, -0.1) is 0 Å². The number of halogens is 1. The molecule has 1 aromatic carbocycles. The van der Waals surface area contributed by atoms with Crippen molar-refractivity contribution < 1.29 is 0 Å². The van der Waals surface area contributed by atoms with Gasteiger partial charge >= 0.3 is 0 Å². The summed E-state index contributed by atoms with van der Waals surface area (Å²) in [7, 11) is 0. The highest BCUT2D eigenvalue weighted by Gasteiger charge is 2.04. The molecule has 0 aliphatic carbocycles. The molecule has 0 saturated carbocycles. The second-order valence-electron chi connectivity index (χ2n) is 3.57. The molecule has 14 heavy (non-hydrogen) atoms. The predicted molar refractivity (Wildman–Crippen MR) is 63.6 cm³/mol. The van der Waals surface area contributed by atoms with Gasteiger partial charge < -0.3 is 5.73 Å². The second-order valence-corrected chi connectivity index (χ2v) is 4.00. The van der Waals surface area contributed by atoms with Crippen LogP contribution < -0.4 is 5.73 Å². The highest BCUT2D eigenvalue weighted by atomic mass is 35.5. The van der Waals surface area contributed by atoms with E-state index >= 15 is 0 Å². The summed E-state index contributed by atoms with van der Waals surface area (Å²) in [5, 5.41) is 0.770. The quantitative estimate of drug-likeness (QED) is 0.811. The summed E-state index contributed by atoms with van der Waals surface area (Å²) in [5.74, 6) is 0.504. The highest BCUT2D eigenvalue weighted by molar-refractivity contribution is 6.30. The number of nitrogens with two attached hydrogens (primary N) is 1. The van der Waals surface area contributed by atoms with Gasteiger partial charge in [0.1, 0.15) is 0 Å². The molecule has 1 nitrogen and oxygen atoms in total. The van der Waals surface area contributed by atoms with Crippen molar-refractivity contribution in [3.63, 3.8) is 0 Å². The van der Waals surface area contributed by atoms with Crippen molar-refractivity contribution >= 4 is 17.7 Å². The fraction of sp³-hybridized carbons (Fsp3) is 0.333. The molecule has 0 aliphatic heterocycles. The van der Waals surface area contributed by atoms with E-state index in [1.165, 1.54) is 5.56 Å². The van der Waals surface area contributed by atoms with E-state index in [9.17, 15) is 0 Å². The van der Waals surface area contributed by atoms with E-state index in [2.05, 4.69) is 19.9 Å². The zero-order chi connectivity index (χ0) is 10.6. The van der Waals surface area contributed by atoms with E-state index in [1.54, 1.807) is 0 Å². The molecule has 1 rings (SSSR count). The van der Waals surface area contributed by atoms with E-state index in [0.717, 1.165) is 10.6 Å². The topological polar surface area (TPSA) is 26.0 Å². The zero-order valence-corrected chi connectivity index (χ0v) is 9.38. The van der Waals surface area contributed by atoms with E-state index in [4.69, 9.17) is 17.3 Å². The van der Waals surface area contributed by atoms with Gasteiger partial charge in [0.25, 0.3) is 0 Å². The first kappa shape index (κ1) is 11.3. The molecule has 1 aromatic rings. The Morgan fingerprint density at radius 2 is 2.14 bits per heavy atom. The minimum atomic E-state index is 0.504. The third-order valence-corrected chi connectivity index (χ3v) is 2.34. The van der Waals surface area contributed by atoms with Crippen LogP contribution in [0, 0.1) is 0 Å². The lowest BCUT2D eigenvalue weighted by Crippen LogP contribution is -1.94. The Balaban J connectivity index is 3.09. The van der Waals surface area contributed by atoms with Gasteiger partial charge in [0.15, 0.2) is 0 Å². The van der Waals surface area contributed by atoms with Crippen molar-refractivity contribution in [3.05, 3.63) is 40.4 Å². The molecule has 0 fully saturated rings. The lowest BCUT2D eigenvalue weighted by molar-refractivity contribution is 0.864. The molecular weight excluding hydrogens is 194 g/mol. The van der Waals surface area contributed by atoms with Crippen LogP contribution in [0.3, 0.4) is 0 Å². The molecule has 0 unspecified atom stereocenters. The average molecular weight is 210 g/mol. The standard InChI is InChI=1S/C12H16ClN/c1-9(2)12-6-5-11(13)8-10(12)4-3-7-14/h3-6,8-9H,7,14H2,1-2H3/b4-3+. The average Bonchev–Trinajstić information content (AvgIpc) is 2.14. The summed E-state index contributed by atoms with van der Waals surface area (Å²) in [4.78, 5) is 0. The first-order valence-corrected chi connectivity index (χ1v) is 5.19. The smallest absolute Gasteiger partial charge is 0.0412 e. The number of rotatable bonds is 3. The van der Waals surface area contributed by atoms with Crippen molar-refractivity contribution in [1.82, 2.24) is 0 Å². The maximum absolute atomic E-state index is 5.94. The van der Waals surface area contributed by atoms with Crippen LogP contribution in [0.1, 0.15) is 30.9 Å². The van der Waals surface area contributed by atoms with Crippen LogP contribution in [0.25, 0.3) is 6.08 Å². The molecule has 0 atom stereocenters. The van der Waals surface area contributed by atoms with Gasteiger partial charge in [-0.1, -0.05) is 43.7 Å². The van der Waals surface area contributed by atoms with Crippen LogP contribution in [0.5, 0.6) is 0 Å². The second kappa shape index (κ2) is 5.18. The van der Waals surface area contributed by atoms with Crippen molar-refractivity contribution in [3.8, 4) is 0 Å². The molecule has 2 heteroatoms. The highest BCUT2D eigenvalue weighted by Crippen LogP contribution is 2.23. The van der Waals surface area contributed by atoms with Crippen LogP contribution in [0.15, 0.2) is 24.3 Å². The van der Waals surface area contributed by atoms with Gasteiger partial charge in [-0.3, -0.25) is 0 Å². The summed E-state index contributed by atoms with van der Waals surface area (Å²) in [6.07, 6.45) is 3.97. The third kappa shape index (κ3) is 2.86. The monoisotopic (exact) mass is 209 g/mol. The Labute approximate surface area is 90.6 Å². The third-order valence-electron chi connectivity index (χ3n) is 2.10. The normalized spacial score (nSPS) is 11.5. The van der Waals surface area contributed by atoms with Crippen LogP contribution in [0.4, 0.5) is 0 Å². The Bertz CT molecular complexity index is 329. The van der Waals surface area contributed by atoms with Crippen LogP contribution in [0.2, 0.25) is 5.02 Å². The van der Waals surface area contributed by atoms with E-state index in [0.29, 0.717) is 12.5 Å². The molecule has 2 N–H and O–H groups in total. The van der Waals surface area contributed by atoms with E-state index in [1.807, 2.05) is 24.3 Å². The summed E-state index contributed by atoms with van der Waals surface area (Å²) in [6, 6.07) is 5.98. The fourth-order valence-electron chi connectivity index (χ4n) is 1.41. The summed E-state index contributed by atoms with van der Waals surface area (Å²) >= 11 is 5.94. The molecule has 0 amide bonds. The number of benzene rings is 1. The van der Waals surface area contributed by atoms with Crippen LogP contribution in [-0.4, -0.2) is 6.54 Å². The van der Waals surface area contributed by atoms with Gasteiger partial charge in [0.2, 0.25) is 0 Å². The van der Waals surface area contributed by atoms with Crippen LogP contribution >= 0.6 is 11.6 Å². The maximum atomic E-state index is 5.94. The van der Waals surface area contributed by atoms with Gasteiger partial charge in [0, 0.05) is 11.6 Å². The largest absolute Gasteiger partial charge is 0.327 e. The fourth-order valence-corrected chi connectivity index (χ4v) is 1.59. The van der Waals surface area contributed by atoms with Gasteiger partial charge in [-0.2, -0.15) is 0 Å². The molecular formula is C12H16ClN. The van der Waals surface area contributed by atoms with Gasteiger partial charge in [0.05, 0.1) is 0 Å². The number of hydrogen-bond donors (Lipinski definition) is 1. The van der Waals surface area contributed by atoms with Gasteiger partial charge in [-0.25, -0.2) is 0 Å². The maximum Gasteiger partial charge on any atom is 0.0412 e. The molecule has 0 aromatic heterocycles. The first-order chi connectivity index (χ1) is 6.65. The summed E-state index contributed by atoms with van der Waals surface area (Å²) < 4.78 is 0. The predicted octanol–water partition coefficient (Wildman–Crippen LogP) is 3.44. The van der Waals surface area contributed by atoms with Crippen LogP contribution in [-0.2, 0) is 0 Å². The zero-order valence-electron chi connectivity index (χ0n) is 8.63. The Morgan fingerprint density at radius 3 is 2.71 bits per heavy atom. The van der Waals surface area contributed by atoms with Crippen molar-refractivity contribution in [2.45, 2.75) is 19.8 Å². The molecule has 0 radical (unpaired) electrons. The first-order valence-electron chi connectivity index (χ1n) is 4.81. The molecule has 0 saturated heterocycles. The number of hydrogen-bond acceptors (Lipinski definition) is 1. The molecule has 0 spiro atoms. The summed E-state index contributed by atoms with van der Waals surface area (Å²) in [6.45, 7) is 4.90. The Morgan fingerprint density at radius 1 is 1.43 bits per heavy atom. The molecule has 0 bridgehead atoms. The van der Waals surface area contributed by atoms with Gasteiger partial charge in [-0.05, 0) is 29.2 Å². The van der Waals surface area contributed by atoms with Crippen molar-refractivity contribution in [2.24, 2.45) is 5.73 Å². The minimum absolute atomic E-state index is 0.504. The van der Waals surface area contributed by atoms with E-state index < -0.39 is 0 Å². The van der Waals surface area contributed by atoms with Crippen molar-refractivity contribution in [2.75, 3.05) is 6.54 Å². The Kier molecular flexibility index (Phi) is 4.18. The molecule has 76 valence electrons. The summed E-state index contributed by atoms with van der Waals surface area (Å²) in [5.41, 5.74) is 7.89. The lowest BCUT2D eigenvalue weighted by Gasteiger charge is -2.09.